The van der Waals surface area contributed by atoms with E-state index in [4.69, 9.17) is 0 Å². The Labute approximate surface area is 156 Å². The number of fused-ring (bicyclic) bond motifs is 2. The number of piperidine rings is 1. The quantitative estimate of drug-likeness (QED) is 0.569. The third kappa shape index (κ3) is 2.75. The van der Waals surface area contributed by atoms with Gasteiger partial charge in [0.15, 0.2) is 0 Å². The Balaban J connectivity index is 1.80. The molecule has 1 heterocycles. The predicted octanol–water partition coefficient (Wildman–Crippen LogP) is 5.33. The molecule has 0 radical (unpaired) electrons. The maximum Gasteiger partial charge on any atom is 0.0698 e. The highest BCUT2D eigenvalue weighted by Gasteiger charge is 2.52. The normalized spacial score (nSPS) is 32.6. The second kappa shape index (κ2) is 6.55. The molecule has 2 fully saturated rings. The molecule has 0 spiro atoms. The minimum Gasteiger partial charge on any atom is -0.411 e. The molecular formula is C23H28N2O. The fraction of sp³-hybridized carbons (Fsp3) is 0.435. The summed E-state index contributed by atoms with van der Waals surface area (Å²) in [4.78, 5) is 0. The first-order chi connectivity index (χ1) is 12.5. The van der Waals surface area contributed by atoms with Gasteiger partial charge in [0.25, 0.3) is 0 Å². The van der Waals surface area contributed by atoms with Gasteiger partial charge >= 0.3 is 0 Å². The molecule has 4 atom stereocenters. The molecule has 2 aromatic carbocycles. The van der Waals surface area contributed by atoms with Gasteiger partial charge < -0.3 is 10.5 Å². The molecule has 1 saturated carbocycles. The van der Waals surface area contributed by atoms with E-state index in [9.17, 15) is 5.21 Å². The van der Waals surface area contributed by atoms with E-state index in [0.717, 1.165) is 18.6 Å². The van der Waals surface area contributed by atoms with Crippen molar-refractivity contribution in [2.75, 3.05) is 0 Å². The molecule has 3 heteroatoms. The van der Waals surface area contributed by atoms with E-state index in [1.807, 2.05) is 0 Å². The van der Waals surface area contributed by atoms with Gasteiger partial charge in [0.05, 0.1) is 5.71 Å². The highest BCUT2D eigenvalue weighted by atomic mass is 16.4. The first-order valence-corrected chi connectivity index (χ1v) is 9.64. The Morgan fingerprint density at radius 3 is 2.12 bits per heavy atom. The van der Waals surface area contributed by atoms with Gasteiger partial charge in [-0.05, 0) is 37.8 Å². The van der Waals surface area contributed by atoms with Crippen LogP contribution in [0, 0.1) is 25.2 Å². The zero-order valence-electron chi connectivity index (χ0n) is 15.9. The number of aryl methyl sites for hydroxylation is 2. The number of rotatable bonds is 2. The summed E-state index contributed by atoms with van der Waals surface area (Å²) < 4.78 is 0. The van der Waals surface area contributed by atoms with Crippen LogP contribution in [0.5, 0.6) is 0 Å². The zero-order valence-corrected chi connectivity index (χ0v) is 15.9. The van der Waals surface area contributed by atoms with Gasteiger partial charge in [-0.15, -0.1) is 0 Å². The molecule has 2 aromatic rings. The first-order valence-electron chi connectivity index (χ1n) is 9.64. The summed E-state index contributed by atoms with van der Waals surface area (Å²) in [5, 5.41) is 17.7. The van der Waals surface area contributed by atoms with E-state index < -0.39 is 0 Å². The fourth-order valence-electron chi connectivity index (χ4n) is 4.99. The van der Waals surface area contributed by atoms with Crippen molar-refractivity contribution < 1.29 is 5.21 Å². The van der Waals surface area contributed by atoms with Crippen LogP contribution in [0.2, 0.25) is 0 Å². The molecule has 2 bridgehead atoms. The molecule has 0 amide bonds. The average molecular weight is 348 g/mol. The maximum atomic E-state index is 9.94. The van der Waals surface area contributed by atoms with E-state index in [1.54, 1.807) is 0 Å². The summed E-state index contributed by atoms with van der Waals surface area (Å²) in [6.07, 6.45) is 3.29. The Morgan fingerprint density at radius 2 is 1.54 bits per heavy atom. The van der Waals surface area contributed by atoms with Crippen molar-refractivity contribution >= 4 is 5.71 Å². The van der Waals surface area contributed by atoms with Gasteiger partial charge in [0.2, 0.25) is 0 Å². The second-order valence-electron chi connectivity index (χ2n) is 8.30. The van der Waals surface area contributed by atoms with Crippen molar-refractivity contribution in [1.82, 2.24) is 5.32 Å². The molecule has 2 aliphatic rings. The number of benzene rings is 2. The molecule has 4 rings (SSSR count). The van der Waals surface area contributed by atoms with Crippen LogP contribution in [-0.2, 0) is 0 Å². The summed E-state index contributed by atoms with van der Waals surface area (Å²) in [5.74, 6) is 0.253. The number of oxime groups is 1. The highest BCUT2D eigenvalue weighted by Crippen LogP contribution is 2.53. The van der Waals surface area contributed by atoms with Crippen molar-refractivity contribution in [3.8, 4) is 0 Å². The second-order valence-corrected chi connectivity index (χ2v) is 8.30. The molecule has 26 heavy (non-hydrogen) atoms. The van der Waals surface area contributed by atoms with Crippen molar-refractivity contribution in [1.29, 1.82) is 0 Å². The lowest BCUT2D eigenvalue weighted by Gasteiger charge is -2.53. The van der Waals surface area contributed by atoms with E-state index in [-0.39, 0.29) is 23.4 Å². The lowest BCUT2D eigenvalue weighted by molar-refractivity contribution is 0.147. The van der Waals surface area contributed by atoms with Crippen molar-refractivity contribution in [3.63, 3.8) is 0 Å². The largest absolute Gasteiger partial charge is 0.411 e. The zero-order chi connectivity index (χ0) is 18.3. The lowest BCUT2D eigenvalue weighted by Crippen LogP contribution is -2.56. The SMILES string of the molecule is Cc1ccc(C2NC(c3ccc(C)cc3)C3(C)CCCC2/C3=N\O)cc1. The van der Waals surface area contributed by atoms with E-state index in [1.165, 1.54) is 28.7 Å². The van der Waals surface area contributed by atoms with Crippen molar-refractivity contribution in [2.45, 2.75) is 52.1 Å². The first kappa shape index (κ1) is 17.3. The van der Waals surface area contributed by atoms with Gasteiger partial charge in [-0.2, -0.15) is 0 Å². The molecule has 1 aliphatic carbocycles. The van der Waals surface area contributed by atoms with Crippen LogP contribution < -0.4 is 5.32 Å². The molecule has 3 nitrogen and oxygen atoms in total. The summed E-state index contributed by atoms with van der Waals surface area (Å²) in [6.45, 7) is 6.49. The minimum absolute atomic E-state index is 0.145. The molecule has 1 saturated heterocycles. The average Bonchev–Trinajstić information content (AvgIpc) is 2.63. The van der Waals surface area contributed by atoms with Crippen molar-refractivity contribution in [2.24, 2.45) is 16.5 Å². The third-order valence-corrected chi connectivity index (χ3v) is 6.49. The molecular weight excluding hydrogens is 320 g/mol. The fourth-order valence-corrected chi connectivity index (χ4v) is 4.99. The lowest BCUT2D eigenvalue weighted by atomic mass is 9.58. The Morgan fingerprint density at radius 1 is 0.962 bits per heavy atom. The molecule has 136 valence electrons. The Bertz CT molecular complexity index is 809. The van der Waals surface area contributed by atoms with Gasteiger partial charge in [-0.1, -0.05) is 78.2 Å². The van der Waals surface area contributed by atoms with Crippen LogP contribution >= 0.6 is 0 Å². The van der Waals surface area contributed by atoms with E-state index >= 15 is 0 Å². The van der Waals surface area contributed by atoms with Gasteiger partial charge in [-0.3, -0.25) is 0 Å². The number of hydrogen-bond acceptors (Lipinski definition) is 3. The summed E-state index contributed by atoms with van der Waals surface area (Å²) >= 11 is 0. The van der Waals surface area contributed by atoms with Crippen LogP contribution in [0.3, 0.4) is 0 Å². The highest BCUT2D eigenvalue weighted by molar-refractivity contribution is 5.94. The third-order valence-electron chi connectivity index (χ3n) is 6.49. The molecule has 4 unspecified atom stereocenters. The van der Waals surface area contributed by atoms with Crippen LogP contribution in [0.25, 0.3) is 0 Å². The van der Waals surface area contributed by atoms with Crippen LogP contribution in [0.4, 0.5) is 0 Å². The smallest absolute Gasteiger partial charge is 0.0698 e. The van der Waals surface area contributed by atoms with E-state index in [0.29, 0.717) is 0 Å². The van der Waals surface area contributed by atoms with Crippen LogP contribution in [0.1, 0.15) is 60.5 Å². The molecule has 2 N–H and O–H groups in total. The predicted molar refractivity (Wildman–Crippen MR) is 106 cm³/mol. The van der Waals surface area contributed by atoms with Crippen LogP contribution in [0.15, 0.2) is 53.7 Å². The topological polar surface area (TPSA) is 44.6 Å². The minimum atomic E-state index is -0.145. The maximum absolute atomic E-state index is 9.94. The van der Waals surface area contributed by atoms with E-state index in [2.05, 4.69) is 79.8 Å². The Hall–Kier alpha value is -2.13. The summed E-state index contributed by atoms with van der Waals surface area (Å²) in [5.41, 5.74) is 5.92. The van der Waals surface area contributed by atoms with Crippen molar-refractivity contribution in [3.05, 3.63) is 70.8 Å². The summed E-state index contributed by atoms with van der Waals surface area (Å²) in [7, 11) is 0. The van der Waals surface area contributed by atoms with Gasteiger partial charge in [-0.25, -0.2) is 0 Å². The monoisotopic (exact) mass is 348 g/mol. The number of nitrogens with zero attached hydrogens (tertiary/aromatic N) is 1. The molecule has 1 aliphatic heterocycles. The van der Waals surface area contributed by atoms with Crippen LogP contribution in [-0.4, -0.2) is 10.9 Å². The summed E-state index contributed by atoms with van der Waals surface area (Å²) in [6, 6.07) is 17.9. The van der Waals surface area contributed by atoms with Gasteiger partial charge in [0, 0.05) is 23.4 Å². The number of nitrogens with one attached hydrogen (secondary N) is 1. The number of hydrogen-bond donors (Lipinski definition) is 2. The Kier molecular flexibility index (Phi) is 4.36. The molecule has 0 aromatic heterocycles. The van der Waals surface area contributed by atoms with Gasteiger partial charge in [0.1, 0.15) is 0 Å². The standard InChI is InChI=1S/C23H28N2O/c1-15-6-10-17(11-7-15)20-19-5-4-14-23(3,22(19)25-26)21(24-20)18-12-8-16(2)9-13-18/h6-13,19-21,24,26H,4-5,14H2,1-3H3/b25-22+.